The molecule has 0 bridgehead atoms. The first-order valence-electron chi connectivity index (χ1n) is 6.12. The molecule has 5 nitrogen and oxygen atoms in total. The van der Waals surface area contributed by atoms with E-state index in [2.05, 4.69) is 4.72 Å². The number of carbonyl (C=O) groups is 1. The second kappa shape index (κ2) is 6.99. The number of halogens is 1. The summed E-state index contributed by atoms with van der Waals surface area (Å²) in [7, 11) is -4.06. The molecule has 0 radical (unpaired) electrons. The van der Waals surface area contributed by atoms with E-state index in [1.807, 2.05) is 0 Å². The highest BCUT2D eigenvalue weighted by molar-refractivity contribution is 8.06. The maximum atomic E-state index is 13.7. The number of benzene rings is 1. The molecule has 116 valence electrons. The summed E-state index contributed by atoms with van der Waals surface area (Å²) in [5, 5.41) is 9.00. The van der Waals surface area contributed by atoms with Gasteiger partial charge in [-0.2, -0.15) is 23.5 Å². The van der Waals surface area contributed by atoms with E-state index in [1.165, 1.54) is 0 Å². The molecule has 0 spiro atoms. The van der Waals surface area contributed by atoms with Crippen LogP contribution >= 0.6 is 23.5 Å². The summed E-state index contributed by atoms with van der Waals surface area (Å²) in [5.41, 5.74) is -0.264. The molecule has 1 heterocycles. The summed E-state index contributed by atoms with van der Waals surface area (Å²) < 4.78 is 40.3. The molecule has 1 aliphatic heterocycles. The number of hydrogen-bond acceptors (Lipinski definition) is 5. The second-order valence-electron chi connectivity index (χ2n) is 4.37. The number of nitrogens with one attached hydrogen (secondary N) is 1. The number of carboxylic acid groups (broad SMARTS) is 1. The maximum Gasteiger partial charge on any atom is 0.335 e. The van der Waals surface area contributed by atoms with Gasteiger partial charge in [0.05, 0.1) is 5.56 Å². The highest BCUT2D eigenvalue weighted by Gasteiger charge is 2.23. The van der Waals surface area contributed by atoms with Gasteiger partial charge in [0.2, 0.25) is 10.0 Å². The summed E-state index contributed by atoms with van der Waals surface area (Å²) in [6, 6.07) is 2.72. The molecule has 1 aromatic carbocycles. The van der Waals surface area contributed by atoms with E-state index < -0.39 is 26.7 Å². The molecule has 2 rings (SSSR count). The van der Waals surface area contributed by atoms with Crippen LogP contribution in [0.3, 0.4) is 0 Å². The zero-order valence-electron chi connectivity index (χ0n) is 10.9. The van der Waals surface area contributed by atoms with E-state index in [1.54, 1.807) is 23.5 Å². The van der Waals surface area contributed by atoms with Gasteiger partial charge in [-0.25, -0.2) is 22.3 Å². The molecule has 2 N–H and O–H groups in total. The van der Waals surface area contributed by atoms with Gasteiger partial charge in [0.15, 0.2) is 0 Å². The number of carboxylic acids is 1. The van der Waals surface area contributed by atoms with Crippen molar-refractivity contribution in [3.8, 4) is 0 Å². The largest absolute Gasteiger partial charge is 0.478 e. The summed E-state index contributed by atoms with van der Waals surface area (Å²) >= 11 is 3.43. The van der Waals surface area contributed by atoms with Gasteiger partial charge in [0.1, 0.15) is 10.7 Å². The highest BCUT2D eigenvalue weighted by Crippen LogP contribution is 2.24. The third-order valence-corrected chi connectivity index (χ3v) is 7.14. The summed E-state index contributed by atoms with van der Waals surface area (Å²) in [6.45, 7) is 0.205. The Balaban J connectivity index is 2.14. The van der Waals surface area contributed by atoms with Crippen LogP contribution in [-0.4, -0.2) is 48.5 Å². The van der Waals surface area contributed by atoms with Crippen LogP contribution in [0.15, 0.2) is 23.1 Å². The third kappa shape index (κ3) is 4.35. The topological polar surface area (TPSA) is 83.5 Å². The standard InChI is InChI=1S/C12H14FNO4S3/c13-10-2-1-8(12(15)16)5-11(10)21(17,18)14-6-9-7-19-3-4-20-9/h1-2,5,9,14H,3-4,6-7H2,(H,15,16). The molecule has 0 aromatic heterocycles. The van der Waals surface area contributed by atoms with E-state index in [-0.39, 0.29) is 17.4 Å². The Bertz CT molecular complexity index is 629. The predicted octanol–water partition coefficient (Wildman–Crippen LogP) is 1.65. The number of hydrogen-bond donors (Lipinski definition) is 2. The number of aromatic carboxylic acids is 1. The van der Waals surface area contributed by atoms with Gasteiger partial charge in [-0.1, -0.05) is 0 Å². The van der Waals surface area contributed by atoms with Gasteiger partial charge in [-0.15, -0.1) is 0 Å². The SMILES string of the molecule is O=C(O)c1ccc(F)c(S(=O)(=O)NCC2CSCCS2)c1. The van der Waals surface area contributed by atoms with Crippen LogP contribution in [-0.2, 0) is 10.0 Å². The third-order valence-electron chi connectivity index (χ3n) is 2.85. The first kappa shape index (κ1) is 16.6. The van der Waals surface area contributed by atoms with Crippen molar-refractivity contribution in [1.82, 2.24) is 4.72 Å². The Labute approximate surface area is 130 Å². The van der Waals surface area contributed by atoms with E-state index in [9.17, 15) is 17.6 Å². The number of sulfonamides is 1. The molecule has 1 unspecified atom stereocenters. The van der Waals surface area contributed by atoms with Crippen molar-refractivity contribution in [3.63, 3.8) is 0 Å². The monoisotopic (exact) mass is 351 g/mol. The van der Waals surface area contributed by atoms with Crippen LogP contribution in [0.2, 0.25) is 0 Å². The lowest BCUT2D eigenvalue weighted by Gasteiger charge is -2.21. The van der Waals surface area contributed by atoms with Crippen molar-refractivity contribution in [2.75, 3.05) is 23.8 Å². The fourth-order valence-corrected chi connectivity index (χ4v) is 5.68. The van der Waals surface area contributed by atoms with Crippen LogP contribution in [0.4, 0.5) is 4.39 Å². The van der Waals surface area contributed by atoms with Gasteiger partial charge < -0.3 is 5.11 Å². The molecular weight excluding hydrogens is 337 g/mol. The van der Waals surface area contributed by atoms with Gasteiger partial charge in [0, 0.05) is 29.1 Å². The van der Waals surface area contributed by atoms with Crippen LogP contribution in [0, 0.1) is 5.82 Å². The van der Waals surface area contributed by atoms with Crippen molar-refractivity contribution in [3.05, 3.63) is 29.6 Å². The van der Waals surface area contributed by atoms with Gasteiger partial charge in [0.25, 0.3) is 0 Å². The van der Waals surface area contributed by atoms with Crippen molar-refractivity contribution in [2.24, 2.45) is 0 Å². The number of thioether (sulfide) groups is 2. The second-order valence-corrected chi connectivity index (χ2v) is 8.66. The molecule has 1 saturated heterocycles. The minimum absolute atomic E-state index is 0.143. The minimum Gasteiger partial charge on any atom is -0.478 e. The van der Waals surface area contributed by atoms with Gasteiger partial charge in [-0.3, -0.25) is 0 Å². The molecule has 0 saturated carbocycles. The zero-order chi connectivity index (χ0) is 15.5. The van der Waals surface area contributed by atoms with Gasteiger partial charge in [-0.05, 0) is 18.2 Å². The maximum absolute atomic E-state index is 13.7. The lowest BCUT2D eigenvalue weighted by Crippen LogP contribution is -2.34. The molecule has 9 heteroatoms. The van der Waals surface area contributed by atoms with Crippen LogP contribution in [0.5, 0.6) is 0 Å². The van der Waals surface area contributed by atoms with E-state index in [0.717, 1.165) is 35.5 Å². The van der Waals surface area contributed by atoms with E-state index >= 15 is 0 Å². The highest BCUT2D eigenvalue weighted by atomic mass is 32.2. The van der Waals surface area contributed by atoms with Crippen molar-refractivity contribution in [1.29, 1.82) is 0 Å². The molecule has 21 heavy (non-hydrogen) atoms. The molecule has 1 fully saturated rings. The molecule has 1 aliphatic rings. The predicted molar refractivity (Wildman–Crippen MR) is 82.1 cm³/mol. The van der Waals surface area contributed by atoms with Crippen molar-refractivity contribution in [2.45, 2.75) is 10.1 Å². The Morgan fingerprint density at radius 1 is 1.43 bits per heavy atom. The fourth-order valence-electron chi connectivity index (χ4n) is 1.78. The molecule has 0 aliphatic carbocycles. The zero-order valence-corrected chi connectivity index (χ0v) is 13.4. The normalized spacial score (nSPS) is 19.4. The summed E-state index contributed by atoms with van der Waals surface area (Å²) in [5.74, 6) is 0.581. The summed E-state index contributed by atoms with van der Waals surface area (Å²) in [6.07, 6.45) is 0. The van der Waals surface area contributed by atoms with Crippen molar-refractivity contribution >= 4 is 39.5 Å². The van der Waals surface area contributed by atoms with E-state index in [4.69, 9.17) is 5.11 Å². The fraction of sp³-hybridized carbons (Fsp3) is 0.417. The van der Waals surface area contributed by atoms with Crippen LogP contribution < -0.4 is 4.72 Å². The van der Waals surface area contributed by atoms with Crippen LogP contribution in [0.25, 0.3) is 0 Å². The summed E-state index contributed by atoms with van der Waals surface area (Å²) in [4.78, 5) is 10.2. The van der Waals surface area contributed by atoms with Crippen molar-refractivity contribution < 1.29 is 22.7 Å². The Kier molecular flexibility index (Phi) is 5.53. The smallest absolute Gasteiger partial charge is 0.335 e. The van der Waals surface area contributed by atoms with Gasteiger partial charge >= 0.3 is 5.97 Å². The average molecular weight is 351 g/mol. The average Bonchev–Trinajstić information content (AvgIpc) is 2.46. The lowest BCUT2D eigenvalue weighted by molar-refractivity contribution is 0.0696. The Morgan fingerprint density at radius 3 is 2.81 bits per heavy atom. The molecule has 0 amide bonds. The Morgan fingerprint density at radius 2 is 2.19 bits per heavy atom. The Hall–Kier alpha value is -0.770. The number of rotatable bonds is 5. The van der Waals surface area contributed by atoms with Crippen LogP contribution in [0.1, 0.15) is 10.4 Å². The first-order valence-corrected chi connectivity index (χ1v) is 9.80. The minimum atomic E-state index is -4.06. The first-order chi connectivity index (χ1) is 9.90. The quantitative estimate of drug-likeness (QED) is 0.839. The van der Waals surface area contributed by atoms with E-state index in [0.29, 0.717) is 0 Å². The molecule has 1 atom stereocenters. The lowest BCUT2D eigenvalue weighted by atomic mass is 10.2. The molecular formula is C12H14FNO4S3. The molecule has 1 aromatic rings.